The molecule has 1 heterocycles. The smallest absolute Gasteiger partial charge is 0.378 e. The third-order valence-corrected chi connectivity index (χ3v) is 4.68. The molecular weight excluding hydrogens is 420 g/mol. The summed E-state index contributed by atoms with van der Waals surface area (Å²) in [5.74, 6) is -1.06. The Hall–Kier alpha value is -4.59. The molecule has 0 atom stereocenters. The molecule has 1 amide bonds. The van der Waals surface area contributed by atoms with Crippen LogP contribution in [0.4, 0.5) is 5.69 Å². The first-order chi connectivity index (χ1) is 16.0. The largest absolute Gasteiger partial charge is 0.451 e. The predicted molar refractivity (Wildman–Crippen MR) is 122 cm³/mol. The van der Waals surface area contributed by atoms with Gasteiger partial charge in [-0.25, -0.2) is 14.5 Å². The van der Waals surface area contributed by atoms with Crippen molar-refractivity contribution in [1.29, 1.82) is 0 Å². The number of carbonyl (C=O) groups is 3. The van der Waals surface area contributed by atoms with Gasteiger partial charge in [0.1, 0.15) is 0 Å². The van der Waals surface area contributed by atoms with Crippen molar-refractivity contribution >= 4 is 23.3 Å². The van der Waals surface area contributed by atoms with Crippen molar-refractivity contribution < 1.29 is 19.1 Å². The number of benzene rings is 3. The highest BCUT2D eigenvalue weighted by Crippen LogP contribution is 2.21. The van der Waals surface area contributed by atoms with Crippen LogP contribution in [-0.2, 0) is 9.53 Å². The molecule has 0 fully saturated rings. The molecule has 0 aliphatic rings. The highest BCUT2D eigenvalue weighted by molar-refractivity contribution is 5.99. The highest BCUT2D eigenvalue weighted by Gasteiger charge is 2.21. The van der Waals surface area contributed by atoms with Crippen molar-refractivity contribution in [1.82, 2.24) is 14.8 Å². The van der Waals surface area contributed by atoms with E-state index in [0.717, 1.165) is 11.3 Å². The van der Waals surface area contributed by atoms with Gasteiger partial charge in [-0.3, -0.25) is 9.59 Å². The lowest BCUT2D eigenvalue weighted by Crippen LogP contribution is -2.15. The van der Waals surface area contributed by atoms with Crippen LogP contribution in [0.1, 0.15) is 27.9 Å². The Balaban J connectivity index is 1.51. The molecule has 0 radical (unpaired) electrons. The van der Waals surface area contributed by atoms with E-state index < -0.39 is 12.6 Å². The van der Waals surface area contributed by atoms with Crippen LogP contribution in [0.15, 0.2) is 84.9 Å². The van der Waals surface area contributed by atoms with E-state index in [4.69, 9.17) is 4.74 Å². The average molecular weight is 440 g/mol. The molecule has 0 unspecified atom stereocenters. The van der Waals surface area contributed by atoms with Crippen LogP contribution in [0.25, 0.3) is 17.1 Å². The van der Waals surface area contributed by atoms with E-state index in [1.807, 2.05) is 60.7 Å². The standard InChI is InChI=1S/C25H20N4O4/c1-17(30)26-20-14-12-18(13-15-20)22(31)16-33-25(32)23-27-24(19-8-4-2-5-9-19)29(28-23)21-10-6-3-7-11-21/h2-15H,16H2,1H3,(H,26,30). The number of nitrogens with one attached hydrogen (secondary N) is 1. The molecule has 0 aliphatic carbocycles. The van der Waals surface area contributed by atoms with Crippen LogP contribution in [0.3, 0.4) is 0 Å². The zero-order valence-corrected chi connectivity index (χ0v) is 17.8. The Morgan fingerprint density at radius 2 is 1.52 bits per heavy atom. The van der Waals surface area contributed by atoms with E-state index in [2.05, 4.69) is 15.4 Å². The minimum Gasteiger partial charge on any atom is -0.451 e. The van der Waals surface area contributed by atoms with E-state index >= 15 is 0 Å². The zero-order chi connectivity index (χ0) is 23.2. The average Bonchev–Trinajstić information content (AvgIpc) is 3.29. The molecule has 33 heavy (non-hydrogen) atoms. The Bertz CT molecular complexity index is 1230. The van der Waals surface area contributed by atoms with Gasteiger partial charge in [0.2, 0.25) is 5.91 Å². The van der Waals surface area contributed by atoms with E-state index in [9.17, 15) is 14.4 Å². The molecule has 0 spiro atoms. The molecule has 4 rings (SSSR count). The van der Waals surface area contributed by atoms with E-state index in [1.54, 1.807) is 28.9 Å². The maximum Gasteiger partial charge on any atom is 0.378 e. The molecular formula is C25H20N4O4. The van der Waals surface area contributed by atoms with Crippen LogP contribution >= 0.6 is 0 Å². The number of hydrogen-bond acceptors (Lipinski definition) is 6. The SMILES string of the molecule is CC(=O)Nc1ccc(C(=O)COC(=O)c2nc(-c3ccccc3)n(-c3ccccc3)n2)cc1. The Morgan fingerprint density at radius 1 is 0.879 bits per heavy atom. The van der Waals surface area contributed by atoms with Crippen LogP contribution in [-0.4, -0.2) is 39.0 Å². The molecule has 3 aromatic carbocycles. The van der Waals surface area contributed by atoms with Gasteiger partial charge in [0.15, 0.2) is 18.2 Å². The minimum atomic E-state index is -0.801. The Kier molecular flexibility index (Phi) is 6.36. The molecule has 8 heteroatoms. The van der Waals surface area contributed by atoms with Gasteiger partial charge in [-0.05, 0) is 36.4 Å². The van der Waals surface area contributed by atoms with Gasteiger partial charge in [0.25, 0.3) is 5.82 Å². The number of para-hydroxylation sites is 1. The zero-order valence-electron chi connectivity index (χ0n) is 17.8. The number of aromatic nitrogens is 3. The van der Waals surface area contributed by atoms with Gasteiger partial charge in [0.05, 0.1) is 5.69 Å². The normalized spacial score (nSPS) is 10.5. The lowest BCUT2D eigenvalue weighted by atomic mass is 10.1. The molecule has 4 aromatic rings. The van der Waals surface area contributed by atoms with Crippen molar-refractivity contribution in [3.05, 3.63) is 96.3 Å². The van der Waals surface area contributed by atoms with E-state index in [-0.39, 0.29) is 17.5 Å². The predicted octanol–water partition coefficient (Wildman–Crippen LogP) is 3.93. The number of hydrogen-bond donors (Lipinski definition) is 1. The third kappa shape index (κ3) is 5.19. The molecule has 8 nitrogen and oxygen atoms in total. The number of esters is 1. The van der Waals surface area contributed by atoms with Gasteiger partial charge in [0, 0.05) is 23.7 Å². The summed E-state index contributed by atoms with van der Waals surface area (Å²) in [4.78, 5) is 40.5. The van der Waals surface area contributed by atoms with Crippen LogP contribution < -0.4 is 5.32 Å². The molecule has 0 saturated heterocycles. The minimum absolute atomic E-state index is 0.147. The van der Waals surface area contributed by atoms with Crippen molar-refractivity contribution in [2.24, 2.45) is 0 Å². The number of ketones is 1. The number of rotatable bonds is 7. The molecule has 1 N–H and O–H groups in total. The summed E-state index contributed by atoms with van der Waals surface area (Å²) in [6.07, 6.45) is 0. The number of carbonyl (C=O) groups excluding carboxylic acids is 3. The van der Waals surface area contributed by atoms with E-state index in [0.29, 0.717) is 17.1 Å². The first-order valence-corrected chi connectivity index (χ1v) is 10.2. The van der Waals surface area contributed by atoms with Crippen LogP contribution in [0, 0.1) is 0 Å². The number of amides is 1. The summed E-state index contributed by atoms with van der Waals surface area (Å²) >= 11 is 0. The second-order valence-corrected chi connectivity index (χ2v) is 7.13. The quantitative estimate of drug-likeness (QED) is 0.345. The van der Waals surface area contributed by atoms with Crippen LogP contribution in [0.2, 0.25) is 0 Å². The number of nitrogens with zero attached hydrogens (tertiary/aromatic N) is 3. The molecule has 164 valence electrons. The summed E-state index contributed by atoms with van der Waals surface area (Å²) < 4.78 is 6.75. The maximum absolute atomic E-state index is 12.6. The van der Waals surface area contributed by atoms with Gasteiger partial charge in [-0.2, -0.15) is 0 Å². The van der Waals surface area contributed by atoms with Gasteiger partial charge in [-0.1, -0.05) is 48.5 Å². The topological polar surface area (TPSA) is 103 Å². The summed E-state index contributed by atoms with van der Waals surface area (Å²) in [6.45, 7) is 0.938. The van der Waals surface area contributed by atoms with Gasteiger partial charge < -0.3 is 10.1 Å². The van der Waals surface area contributed by atoms with Crippen LogP contribution in [0.5, 0.6) is 0 Å². The monoisotopic (exact) mass is 440 g/mol. The second kappa shape index (κ2) is 9.69. The fourth-order valence-corrected chi connectivity index (χ4v) is 3.14. The molecule has 0 saturated carbocycles. The number of Topliss-reactive ketones (excluding diaryl/α,β-unsaturated/α-hetero) is 1. The summed E-state index contributed by atoms with van der Waals surface area (Å²) in [7, 11) is 0. The third-order valence-electron chi connectivity index (χ3n) is 4.68. The number of ether oxygens (including phenoxy) is 1. The van der Waals surface area contributed by atoms with Crippen molar-refractivity contribution in [3.63, 3.8) is 0 Å². The fourth-order valence-electron chi connectivity index (χ4n) is 3.14. The lowest BCUT2D eigenvalue weighted by molar-refractivity contribution is -0.114. The first kappa shape index (κ1) is 21.6. The fraction of sp³-hybridized carbons (Fsp3) is 0.0800. The maximum atomic E-state index is 12.6. The first-order valence-electron chi connectivity index (χ1n) is 10.2. The molecule has 0 aliphatic heterocycles. The van der Waals surface area contributed by atoms with E-state index in [1.165, 1.54) is 6.92 Å². The summed E-state index contributed by atoms with van der Waals surface area (Å²) in [5.41, 5.74) is 2.44. The summed E-state index contributed by atoms with van der Waals surface area (Å²) in [5, 5.41) is 6.95. The lowest BCUT2D eigenvalue weighted by Gasteiger charge is -2.05. The van der Waals surface area contributed by atoms with Gasteiger partial charge in [-0.15, -0.1) is 5.10 Å². The highest BCUT2D eigenvalue weighted by atomic mass is 16.5. The Morgan fingerprint density at radius 3 is 2.15 bits per heavy atom. The van der Waals surface area contributed by atoms with Crippen molar-refractivity contribution in [2.45, 2.75) is 6.92 Å². The number of anilines is 1. The second-order valence-electron chi connectivity index (χ2n) is 7.13. The molecule has 0 bridgehead atoms. The van der Waals surface area contributed by atoms with Crippen molar-refractivity contribution in [2.75, 3.05) is 11.9 Å². The molecule has 1 aromatic heterocycles. The van der Waals surface area contributed by atoms with Crippen molar-refractivity contribution in [3.8, 4) is 17.1 Å². The van der Waals surface area contributed by atoms with Gasteiger partial charge >= 0.3 is 5.97 Å². The Labute approximate surface area is 189 Å². The summed E-state index contributed by atoms with van der Waals surface area (Å²) in [6, 6.07) is 25.0.